The van der Waals surface area contributed by atoms with Gasteiger partial charge in [-0.15, -0.1) is 0 Å². The number of benzene rings is 1. The van der Waals surface area contributed by atoms with E-state index in [1.54, 1.807) is 37.3 Å². The summed E-state index contributed by atoms with van der Waals surface area (Å²) in [5.74, 6) is -0.507. The topological polar surface area (TPSA) is 51.2 Å². The van der Waals surface area contributed by atoms with Crippen LogP contribution in [0.25, 0.3) is 0 Å². The molecule has 0 spiro atoms. The second-order valence-corrected chi connectivity index (χ2v) is 5.43. The third-order valence-corrected chi connectivity index (χ3v) is 4.11. The van der Waals surface area contributed by atoms with Gasteiger partial charge in [-0.05, 0) is 18.6 Å². The van der Waals surface area contributed by atoms with Crippen LogP contribution in [0, 0.1) is 5.92 Å². The first-order valence-electron chi connectivity index (χ1n) is 4.83. The molecule has 1 atom stereocenters. The standard InChI is InChI=1S/C11H14O3S/c1-2-10(8-12)9-15(13,14)11-6-4-3-5-7-11/h3-8,10H,2,9H2,1H3. The highest BCUT2D eigenvalue weighted by Gasteiger charge is 2.19. The zero-order valence-electron chi connectivity index (χ0n) is 8.59. The van der Waals surface area contributed by atoms with Crippen LogP contribution in [0.15, 0.2) is 35.2 Å². The van der Waals surface area contributed by atoms with Crippen molar-refractivity contribution in [2.45, 2.75) is 18.2 Å². The molecule has 0 N–H and O–H groups in total. The van der Waals surface area contributed by atoms with Crippen LogP contribution >= 0.6 is 0 Å². The zero-order chi connectivity index (χ0) is 11.3. The normalized spacial score (nSPS) is 13.4. The van der Waals surface area contributed by atoms with Gasteiger partial charge in [0.1, 0.15) is 6.29 Å². The van der Waals surface area contributed by atoms with Crippen LogP contribution in [0.2, 0.25) is 0 Å². The number of hydrogen-bond acceptors (Lipinski definition) is 3. The van der Waals surface area contributed by atoms with Crippen molar-refractivity contribution in [3.05, 3.63) is 30.3 Å². The first-order chi connectivity index (χ1) is 7.10. The predicted molar refractivity (Wildman–Crippen MR) is 58.3 cm³/mol. The van der Waals surface area contributed by atoms with Gasteiger partial charge in [-0.2, -0.15) is 0 Å². The van der Waals surface area contributed by atoms with Crippen LogP contribution in [0.5, 0.6) is 0 Å². The molecule has 4 heteroatoms. The van der Waals surface area contributed by atoms with Gasteiger partial charge in [0.15, 0.2) is 9.84 Å². The first-order valence-corrected chi connectivity index (χ1v) is 6.48. The Bertz CT molecular complexity index is 409. The predicted octanol–water partition coefficient (Wildman–Crippen LogP) is 1.69. The average molecular weight is 226 g/mol. The molecule has 1 aromatic rings. The van der Waals surface area contributed by atoms with Gasteiger partial charge >= 0.3 is 0 Å². The molecule has 0 bridgehead atoms. The van der Waals surface area contributed by atoms with Crippen molar-refractivity contribution in [3.63, 3.8) is 0 Å². The number of hydrogen-bond donors (Lipinski definition) is 0. The molecule has 0 saturated heterocycles. The Morgan fingerprint density at radius 2 is 1.87 bits per heavy atom. The van der Waals surface area contributed by atoms with Gasteiger partial charge in [0.05, 0.1) is 10.6 Å². The fourth-order valence-electron chi connectivity index (χ4n) is 1.26. The van der Waals surface area contributed by atoms with E-state index in [-0.39, 0.29) is 10.6 Å². The summed E-state index contributed by atoms with van der Waals surface area (Å²) < 4.78 is 23.6. The molecule has 0 aliphatic heterocycles. The lowest BCUT2D eigenvalue weighted by Crippen LogP contribution is -2.16. The molecule has 0 heterocycles. The van der Waals surface area contributed by atoms with E-state index < -0.39 is 15.8 Å². The molecule has 15 heavy (non-hydrogen) atoms. The quantitative estimate of drug-likeness (QED) is 0.718. The zero-order valence-corrected chi connectivity index (χ0v) is 9.41. The molecule has 0 saturated carbocycles. The van der Waals surface area contributed by atoms with Crippen molar-refractivity contribution in [2.75, 3.05) is 5.75 Å². The van der Waals surface area contributed by atoms with E-state index in [4.69, 9.17) is 0 Å². The summed E-state index contributed by atoms with van der Waals surface area (Å²) >= 11 is 0. The van der Waals surface area contributed by atoms with Gasteiger partial charge < -0.3 is 4.79 Å². The Morgan fingerprint density at radius 3 is 2.33 bits per heavy atom. The second-order valence-electron chi connectivity index (χ2n) is 3.40. The molecule has 82 valence electrons. The number of carbonyl (C=O) groups is 1. The molecule has 0 aliphatic carbocycles. The fraction of sp³-hybridized carbons (Fsp3) is 0.364. The first kappa shape index (κ1) is 11.9. The van der Waals surface area contributed by atoms with Crippen LogP contribution in [0.4, 0.5) is 0 Å². The van der Waals surface area contributed by atoms with E-state index in [9.17, 15) is 13.2 Å². The summed E-state index contributed by atoms with van der Waals surface area (Å²) in [4.78, 5) is 10.9. The van der Waals surface area contributed by atoms with Crippen molar-refractivity contribution in [1.82, 2.24) is 0 Å². The monoisotopic (exact) mass is 226 g/mol. The number of sulfone groups is 1. The number of rotatable bonds is 5. The highest BCUT2D eigenvalue weighted by atomic mass is 32.2. The van der Waals surface area contributed by atoms with Crippen molar-refractivity contribution in [1.29, 1.82) is 0 Å². The third kappa shape index (κ3) is 3.16. The van der Waals surface area contributed by atoms with Crippen molar-refractivity contribution in [3.8, 4) is 0 Å². The van der Waals surface area contributed by atoms with Crippen molar-refractivity contribution >= 4 is 16.1 Å². The number of carbonyl (C=O) groups excluding carboxylic acids is 1. The maximum absolute atomic E-state index is 11.8. The Labute approximate surface area is 90.0 Å². The Morgan fingerprint density at radius 1 is 1.27 bits per heavy atom. The summed E-state index contributed by atoms with van der Waals surface area (Å²) in [6.45, 7) is 1.81. The largest absolute Gasteiger partial charge is 0.303 e. The van der Waals surface area contributed by atoms with Crippen LogP contribution in [-0.2, 0) is 14.6 Å². The molecule has 0 aromatic heterocycles. The maximum atomic E-state index is 11.8. The maximum Gasteiger partial charge on any atom is 0.179 e. The summed E-state index contributed by atoms with van der Waals surface area (Å²) in [5, 5.41) is 0. The lowest BCUT2D eigenvalue weighted by Gasteiger charge is -2.08. The van der Waals surface area contributed by atoms with E-state index in [0.29, 0.717) is 12.7 Å². The van der Waals surface area contributed by atoms with E-state index in [0.717, 1.165) is 0 Å². The van der Waals surface area contributed by atoms with E-state index in [1.165, 1.54) is 0 Å². The fourth-order valence-corrected chi connectivity index (χ4v) is 2.90. The van der Waals surface area contributed by atoms with Crippen molar-refractivity contribution < 1.29 is 13.2 Å². The molecule has 3 nitrogen and oxygen atoms in total. The Hall–Kier alpha value is -1.16. The molecule has 0 fully saturated rings. The molecular weight excluding hydrogens is 212 g/mol. The SMILES string of the molecule is CCC(C=O)CS(=O)(=O)c1ccccc1. The Kier molecular flexibility index (Phi) is 4.03. The average Bonchev–Trinajstić information content (AvgIpc) is 2.27. The van der Waals surface area contributed by atoms with Gasteiger partial charge in [-0.1, -0.05) is 25.1 Å². The molecular formula is C11H14O3S. The molecule has 1 aromatic carbocycles. The van der Waals surface area contributed by atoms with Gasteiger partial charge in [-0.3, -0.25) is 0 Å². The lowest BCUT2D eigenvalue weighted by molar-refractivity contribution is -0.110. The minimum atomic E-state index is -3.31. The second kappa shape index (κ2) is 5.07. The van der Waals surface area contributed by atoms with Crippen LogP contribution in [-0.4, -0.2) is 20.5 Å². The molecule has 0 aliphatic rings. The van der Waals surface area contributed by atoms with Crippen LogP contribution in [0.3, 0.4) is 0 Å². The molecule has 1 unspecified atom stereocenters. The van der Waals surface area contributed by atoms with E-state index >= 15 is 0 Å². The van der Waals surface area contributed by atoms with Crippen LogP contribution in [0.1, 0.15) is 13.3 Å². The lowest BCUT2D eigenvalue weighted by atomic mass is 10.1. The Balaban J connectivity index is 2.90. The van der Waals surface area contributed by atoms with Gasteiger partial charge in [-0.25, -0.2) is 8.42 Å². The minimum Gasteiger partial charge on any atom is -0.303 e. The number of aldehydes is 1. The van der Waals surface area contributed by atoms with Gasteiger partial charge in [0.25, 0.3) is 0 Å². The highest BCUT2D eigenvalue weighted by molar-refractivity contribution is 7.91. The molecule has 0 amide bonds. The molecule has 0 radical (unpaired) electrons. The smallest absolute Gasteiger partial charge is 0.179 e. The van der Waals surface area contributed by atoms with Gasteiger partial charge in [0.2, 0.25) is 0 Å². The van der Waals surface area contributed by atoms with Crippen molar-refractivity contribution in [2.24, 2.45) is 5.92 Å². The summed E-state index contributed by atoms with van der Waals surface area (Å²) in [5.41, 5.74) is 0. The third-order valence-electron chi connectivity index (χ3n) is 2.25. The summed E-state index contributed by atoms with van der Waals surface area (Å²) in [7, 11) is -3.31. The molecule has 1 rings (SSSR count). The highest BCUT2D eigenvalue weighted by Crippen LogP contribution is 2.14. The van der Waals surface area contributed by atoms with Crippen LogP contribution < -0.4 is 0 Å². The minimum absolute atomic E-state index is 0.100. The summed E-state index contributed by atoms with van der Waals surface area (Å²) in [6, 6.07) is 8.21. The van der Waals surface area contributed by atoms with E-state index in [2.05, 4.69) is 0 Å². The van der Waals surface area contributed by atoms with Gasteiger partial charge in [0, 0.05) is 5.92 Å². The summed E-state index contributed by atoms with van der Waals surface area (Å²) in [6.07, 6.45) is 1.26. The van der Waals surface area contributed by atoms with E-state index in [1.807, 2.05) is 0 Å².